The van der Waals surface area contributed by atoms with Gasteiger partial charge in [0.1, 0.15) is 0 Å². The van der Waals surface area contributed by atoms with Gasteiger partial charge in [-0.2, -0.15) is 11.8 Å². The van der Waals surface area contributed by atoms with E-state index >= 15 is 0 Å². The molecule has 0 atom stereocenters. The molecule has 0 aromatic rings. The summed E-state index contributed by atoms with van der Waals surface area (Å²) in [5.41, 5.74) is 0. The fourth-order valence-corrected chi connectivity index (χ4v) is 3.64. The van der Waals surface area contributed by atoms with E-state index in [1.807, 2.05) is 0 Å². The van der Waals surface area contributed by atoms with Crippen molar-refractivity contribution in [1.29, 1.82) is 0 Å². The molecule has 23 heavy (non-hydrogen) atoms. The van der Waals surface area contributed by atoms with Crippen molar-refractivity contribution < 1.29 is 9.90 Å². The number of carboxylic acids is 1. The summed E-state index contributed by atoms with van der Waals surface area (Å²) >= 11 is 1.55. The summed E-state index contributed by atoms with van der Waals surface area (Å²) in [6.45, 7) is 2.28. The van der Waals surface area contributed by atoms with Gasteiger partial charge in [-0.25, -0.2) is 0 Å². The summed E-state index contributed by atoms with van der Waals surface area (Å²) in [6.07, 6.45) is 22.2. The highest BCUT2D eigenvalue weighted by Crippen LogP contribution is 2.14. The molecule has 2 nitrogen and oxygen atoms in total. The maximum absolute atomic E-state index is 10.4. The zero-order valence-electron chi connectivity index (χ0n) is 15.5. The summed E-state index contributed by atoms with van der Waals surface area (Å²) in [4.78, 5) is 10.4. The number of rotatable bonds is 19. The molecule has 0 amide bonds. The molecular formula is C20H40O2S. The number of thioether (sulfide) groups is 1. The van der Waals surface area contributed by atoms with Gasteiger partial charge in [0.05, 0.1) is 5.75 Å². The minimum absolute atomic E-state index is 0.263. The van der Waals surface area contributed by atoms with Crippen molar-refractivity contribution in [1.82, 2.24) is 0 Å². The highest BCUT2D eigenvalue weighted by Gasteiger charge is 1.97. The third-order valence-corrected chi connectivity index (χ3v) is 5.40. The van der Waals surface area contributed by atoms with Gasteiger partial charge in [-0.1, -0.05) is 103 Å². The minimum atomic E-state index is -0.688. The second-order valence-electron chi connectivity index (χ2n) is 6.75. The normalized spacial score (nSPS) is 11.0. The molecule has 3 heteroatoms. The third-order valence-electron chi connectivity index (χ3n) is 4.37. The Balaban J connectivity index is 2.96. The highest BCUT2D eigenvalue weighted by molar-refractivity contribution is 7.99. The van der Waals surface area contributed by atoms with Crippen LogP contribution in [0.2, 0.25) is 0 Å². The maximum Gasteiger partial charge on any atom is 0.313 e. The zero-order valence-corrected chi connectivity index (χ0v) is 16.3. The van der Waals surface area contributed by atoms with E-state index in [9.17, 15) is 4.79 Å². The Hall–Kier alpha value is -0.180. The molecule has 0 aliphatic carbocycles. The van der Waals surface area contributed by atoms with E-state index in [4.69, 9.17) is 5.11 Å². The molecule has 0 aliphatic rings. The Morgan fingerprint density at radius 2 is 1.00 bits per heavy atom. The highest BCUT2D eigenvalue weighted by atomic mass is 32.2. The molecule has 0 saturated heterocycles. The standard InChI is InChI=1S/C20H40O2S/c1-2-3-4-5-6-7-8-9-10-11-12-13-14-15-16-17-18-23-19-20(21)22/h2-19H2,1H3,(H,21,22). The summed E-state index contributed by atoms with van der Waals surface area (Å²) in [7, 11) is 0. The average Bonchev–Trinajstić information content (AvgIpc) is 2.53. The van der Waals surface area contributed by atoms with Crippen LogP contribution in [0.4, 0.5) is 0 Å². The lowest BCUT2D eigenvalue weighted by atomic mass is 10.0. The monoisotopic (exact) mass is 344 g/mol. The number of carboxylic acid groups (broad SMARTS) is 1. The van der Waals surface area contributed by atoms with Crippen molar-refractivity contribution >= 4 is 17.7 Å². The molecule has 0 aliphatic heterocycles. The van der Waals surface area contributed by atoms with E-state index in [2.05, 4.69) is 6.92 Å². The SMILES string of the molecule is CCCCCCCCCCCCCCCCCCSCC(=O)O. The van der Waals surface area contributed by atoms with Crippen molar-refractivity contribution in [2.75, 3.05) is 11.5 Å². The lowest BCUT2D eigenvalue weighted by molar-refractivity contribution is -0.133. The van der Waals surface area contributed by atoms with E-state index in [1.54, 1.807) is 11.8 Å². The Morgan fingerprint density at radius 3 is 1.35 bits per heavy atom. The Bertz CT molecular complexity index is 244. The third kappa shape index (κ3) is 21.8. The quantitative estimate of drug-likeness (QED) is 0.255. The first-order valence-electron chi connectivity index (χ1n) is 10.1. The van der Waals surface area contributed by atoms with Crippen molar-refractivity contribution in [3.05, 3.63) is 0 Å². The van der Waals surface area contributed by atoms with Gasteiger partial charge >= 0.3 is 5.97 Å². The van der Waals surface area contributed by atoms with E-state index < -0.39 is 5.97 Å². The smallest absolute Gasteiger partial charge is 0.313 e. The summed E-state index contributed by atoms with van der Waals surface area (Å²) in [5.74, 6) is 0.579. The fourth-order valence-electron chi connectivity index (χ4n) is 2.91. The molecule has 0 heterocycles. The van der Waals surface area contributed by atoms with Gasteiger partial charge in [-0.3, -0.25) is 4.79 Å². The van der Waals surface area contributed by atoms with Crippen LogP contribution < -0.4 is 0 Å². The van der Waals surface area contributed by atoms with Crippen LogP contribution in [0.5, 0.6) is 0 Å². The molecule has 0 rings (SSSR count). The Morgan fingerprint density at radius 1 is 0.652 bits per heavy atom. The number of aliphatic carboxylic acids is 1. The van der Waals surface area contributed by atoms with Crippen LogP contribution in [0.25, 0.3) is 0 Å². The van der Waals surface area contributed by atoms with Crippen molar-refractivity contribution in [2.45, 2.75) is 110 Å². The van der Waals surface area contributed by atoms with Crippen molar-refractivity contribution in [3.63, 3.8) is 0 Å². The molecule has 0 saturated carbocycles. The summed E-state index contributed by atoms with van der Waals surface area (Å²) in [6, 6.07) is 0. The lowest BCUT2D eigenvalue weighted by Gasteiger charge is -2.03. The fraction of sp³-hybridized carbons (Fsp3) is 0.950. The van der Waals surface area contributed by atoms with Crippen LogP contribution in [0, 0.1) is 0 Å². The first-order chi connectivity index (χ1) is 11.3. The molecule has 0 bridgehead atoms. The number of hydrogen-bond donors (Lipinski definition) is 1. The largest absolute Gasteiger partial charge is 0.481 e. The minimum Gasteiger partial charge on any atom is -0.481 e. The molecular weight excluding hydrogens is 304 g/mol. The molecule has 0 fully saturated rings. The zero-order chi connectivity index (χ0) is 17.0. The van der Waals surface area contributed by atoms with Crippen LogP contribution in [-0.2, 0) is 4.79 Å². The van der Waals surface area contributed by atoms with Crippen molar-refractivity contribution in [2.24, 2.45) is 0 Å². The second kappa shape index (κ2) is 19.9. The maximum atomic E-state index is 10.4. The van der Waals surface area contributed by atoms with Crippen molar-refractivity contribution in [3.8, 4) is 0 Å². The molecule has 0 aromatic heterocycles. The van der Waals surface area contributed by atoms with Gasteiger partial charge in [0, 0.05) is 0 Å². The van der Waals surface area contributed by atoms with Gasteiger partial charge in [0.15, 0.2) is 0 Å². The average molecular weight is 345 g/mol. The van der Waals surface area contributed by atoms with Gasteiger partial charge in [-0.15, -0.1) is 0 Å². The van der Waals surface area contributed by atoms with E-state index in [1.165, 1.54) is 103 Å². The van der Waals surface area contributed by atoms with Gasteiger partial charge < -0.3 is 5.11 Å². The lowest BCUT2D eigenvalue weighted by Crippen LogP contribution is -1.98. The van der Waals surface area contributed by atoms with Gasteiger partial charge in [0.2, 0.25) is 0 Å². The van der Waals surface area contributed by atoms with Crippen LogP contribution >= 0.6 is 11.8 Å². The molecule has 0 spiro atoms. The van der Waals surface area contributed by atoms with E-state index in [0.717, 1.165) is 5.75 Å². The number of carbonyl (C=O) groups is 1. The predicted octanol–water partition coefficient (Wildman–Crippen LogP) is 7.07. The molecule has 0 radical (unpaired) electrons. The Labute approximate surface area is 149 Å². The molecule has 1 N–H and O–H groups in total. The Kier molecular flexibility index (Phi) is 19.7. The predicted molar refractivity (Wildman–Crippen MR) is 105 cm³/mol. The first kappa shape index (κ1) is 22.8. The van der Waals surface area contributed by atoms with E-state index in [-0.39, 0.29) is 5.75 Å². The summed E-state index contributed by atoms with van der Waals surface area (Å²) in [5, 5.41) is 8.53. The molecule has 0 aromatic carbocycles. The van der Waals surface area contributed by atoms with Gasteiger partial charge in [0.25, 0.3) is 0 Å². The number of hydrogen-bond acceptors (Lipinski definition) is 2. The summed E-state index contributed by atoms with van der Waals surface area (Å²) < 4.78 is 0. The van der Waals surface area contributed by atoms with Gasteiger partial charge in [-0.05, 0) is 12.2 Å². The van der Waals surface area contributed by atoms with Crippen LogP contribution in [0.15, 0.2) is 0 Å². The molecule has 138 valence electrons. The number of unbranched alkanes of at least 4 members (excludes halogenated alkanes) is 15. The van der Waals surface area contributed by atoms with Crippen LogP contribution in [0.1, 0.15) is 110 Å². The molecule has 0 unspecified atom stereocenters. The topological polar surface area (TPSA) is 37.3 Å². The second-order valence-corrected chi connectivity index (χ2v) is 7.85. The van der Waals surface area contributed by atoms with Crippen LogP contribution in [0.3, 0.4) is 0 Å². The first-order valence-corrected chi connectivity index (χ1v) is 11.2. The van der Waals surface area contributed by atoms with Crippen LogP contribution in [-0.4, -0.2) is 22.6 Å². The van der Waals surface area contributed by atoms with E-state index in [0.29, 0.717) is 0 Å².